The van der Waals surface area contributed by atoms with Gasteiger partial charge in [0.1, 0.15) is 0 Å². The van der Waals surface area contributed by atoms with E-state index in [4.69, 9.17) is 0 Å². The molecule has 3 nitrogen and oxygen atoms in total. The molecule has 0 saturated carbocycles. The fourth-order valence-electron chi connectivity index (χ4n) is 2.11. The SMILES string of the molecule is CC(Cc1ccncc1)N1CCNCC1. The van der Waals surface area contributed by atoms with Gasteiger partial charge in [-0.3, -0.25) is 9.88 Å². The van der Waals surface area contributed by atoms with Gasteiger partial charge in [-0.25, -0.2) is 0 Å². The topological polar surface area (TPSA) is 28.2 Å². The Morgan fingerprint density at radius 3 is 2.67 bits per heavy atom. The summed E-state index contributed by atoms with van der Waals surface area (Å²) < 4.78 is 0. The molecule has 0 aromatic carbocycles. The highest BCUT2D eigenvalue weighted by atomic mass is 15.2. The Balaban J connectivity index is 1.88. The second kappa shape index (κ2) is 5.24. The number of rotatable bonds is 3. The van der Waals surface area contributed by atoms with E-state index in [-0.39, 0.29) is 0 Å². The molecule has 1 fully saturated rings. The Morgan fingerprint density at radius 2 is 2.00 bits per heavy atom. The summed E-state index contributed by atoms with van der Waals surface area (Å²) >= 11 is 0. The maximum atomic E-state index is 4.04. The summed E-state index contributed by atoms with van der Waals surface area (Å²) in [5.74, 6) is 0. The summed E-state index contributed by atoms with van der Waals surface area (Å²) in [5.41, 5.74) is 1.39. The normalized spacial score (nSPS) is 20.1. The first-order valence-corrected chi connectivity index (χ1v) is 5.70. The Bertz CT molecular complexity index is 280. The Hall–Kier alpha value is -0.930. The molecule has 1 aliphatic rings. The number of aromatic nitrogens is 1. The van der Waals surface area contributed by atoms with Gasteiger partial charge in [0.2, 0.25) is 0 Å². The van der Waals surface area contributed by atoms with Gasteiger partial charge in [-0.1, -0.05) is 0 Å². The van der Waals surface area contributed by atoms with Crippen LogP contribution in [-0.4, -0.2) is 42.1 Å². The van der Waals surface area contributed by atoms with Crippen LogP contribution in [0.5, 0.6) is 0 Å². The van der Waals surface area contributed by atoms with Crippen LogP contribution < -0.4 is 5.32 Å². The molecule has 3 heteroatoms. The molecule has 0 bridgehead atoms. The molecule has 1 N–H and O–H groups in total. The lowest BCUT2D eigenvalue weighted by atomic mass is 10.1. The first kappa shape index (κ1) is 10.6. The highest BCUT2D eigenvalue weighted by Crippen LogP contribution is 2.08. The van der Waals surface area contributed by atoms with Crippen molar-refractivity contribution < 1.29 is 0 Å². The molecule has 0 amide bonds. The number of piperazine rings is 1. The average molecular weight is 205 g/mol. The predicted octanol–water partition coefficient (Wildman–Crippen LogP) is 0.918. The molecule has 0 aliphatic carbocycles. The second-order valence-electron chi connectivity index (χ2n) is 4.19. The number of nitrogens with zero attached hydrogens (tertiary/aromatic N) is 2. The minimum atomic E-state index is 0.634. The fourth-order valence-corrected chi connectivity index (χ4v) is 2.11. The van der Waals surface area contributed by atoms with Gasteiger partial charge in [-0.15, -0.1) is 0 Å². The van der Waals surface area contributed by atoms with Gasteiger partial charge in [0, 0.05) is 44.6 Å². The van der Waals surface area contributed by atoms with Crippen molar-refractivity contribution in [1.29, 1.82) is 0 Å². The highest BCUT2D eigenvalue weighted by molar-refractivity contribution is 5.11. The Kier molecular flexibility index (Phi) is 3.69. The molecule has 2 heterocycles. The van der Waals surface area contributed by atoms with Crippen molar-refractivity contribution in [3.63, 3.8) is 0 Å². The van der Waals surface area contributed by atoms with Gasteiger partial charge < -0.3 is 5.32 Å². The van der Waals surface area contributed by atoms with Gasteiger partial charge in [-0.05, 0) is 31.0 Å². The van der Waals surface area contributed by atoms with E-state index >= 15 is 0 Å². The number of hydrogen-bond acceptors (Lipinski definition) is 3. The van der Waals surface area contributed by atoms with Crippen LogP contribution in [0.25, 0.3) is 0 Å². The molecule has 82 valence electrons. The van der Waals surface area contributed by atoms with Crippen LogP contribution in [0.1, 0.15) is 12.5 Å². The molecule has 15 heavy (non-hydrogen) atoms. The first-order chi connectivity index (χ1) is 7.36. The minimum Gasteiger partial charge on any atom is -0.314 e. The van der Waals surface area contributed by atoms with Crippen molar-refractivity contribution in [2.75, 3.05) is 26.2 Å². The van der Waals surface area contributed by atoms with Crippen molar-refractivity contribution in [3.05, 3.63) is 30.1 Å². The zero-order valence-electron chi connectivity index (χ0n) is 9.32. The smallest absolute Gasteiger partial charge is 0.0270 e. The van der Waals surface area contributed by atoms with Crippen LogP contribution in [0.15, 0.2) is 24.5 Å². The molecular formula is C12H19N3. The van der Waals surface area contributed by atoms with E-state index < -0.39 is 0 Å². The van der Waals surface area contributed by atoms with E-state index in [0.717, 1.165) is 19.5 Å². The lowest BCUT2D eigenvalue weighted by Gasteiger charge is -2.32. The van der Waals surface area contributed by atoms with Gasteiger partial charge in [-0.2, -0.15) is 0 Å². The first-order valence-electron chi connectivity index (χ1n) is 5.70. The lowest BCUT2D eigenvalue weighted by Crippen LogP contribution is -2.48. The average Bonchev–Trinajstić information content (AvgIpc) is 2.31. The molecule has 0 spiro atoms. The molecule has 1 aliphatic heterocycles. The third kappa shape index (κ3) is 3.01. The maximum absolute atomic E-state index is 4.04. The summed E-state index contributed by atoms with van der Waals surface area (Å²) in [6, 6.07) is 4.85. The quantitative estimate of drug-likeness (QED) is 0.795. The molecule has 1 atom stereocenters. The van der Waals surface area contributed by atoms with E-state index in [0.29, 0.717) is 6.04 Å². The molecule has 1 aromatic heterocycles. The van der Waals surface area contributed by atoms with Gasteiger partial charge in [0.15, 0.2) is 0 Å². The maximum Gasteiger partial charge on any atom is 0.0270 e. The standard InChI is InChI=1S/C12H19N3/c1-11(15-8-6-14-7-9-15)10-12-2-4-13-5-3-12/h2-5,11,14H,6-10H2,1H3. The largest absolute Gasteiger partial charge is 0.314 e. The van der Waals surface area contributed by atoms with Crippen LogP contribution in [-0.2, 0) is 6.42 Å². The van der Waals surface area contributed by atoms with Crippen molar-refractivity contribution >= 4 is 0 Å². The van der Waals surface area contributed by atoms with Crippen LogP contribution >= 0.6 is 0 Å². The van der Waals surface area contributed by atoms with Gasteiger partial charge >= 0.3 is 0 Å². The summed E-state index contributed by atoms with van der Waals surface area (Å²) in [7, 11) is 0. The molecular weight excluding hydrogens is 186 g/mol. The van der Waals surface area contributed by atoms with Crippen molar-refractivity contribution in [3.8, 4) is 0 Å². The minimum absolute atomic E-state index is 0.634. The number of nitrogens with one attached hydrogen (secondary N) is 1. The summed E-state index contributed by atoms with van der Waals surface area (Å²) in [5, 5.41) is 3.38. The Morgan fingerprint density at radius 1 is 1.33 bits per heavy atom. The zero-order chi connectivity index (χ0) is 10.5. The number of hydrogen-bond donors (Lipinski definition) is 1. The van der Waals surface area contributed by atoms with Crippen LogP contribution in [0, 0.1) is 0 Å². The van der Waals surface area contributed by atoms with Gasteiger partial charge in [0.05, 0.1) is 0 Å². The molecule has 1 saturated heterocycles. The Labute approximate surface area is 91.5 Å². The van der Waals surface area contributed by atoms with E-state index in [1.165, 1.54) is 18.7 Å². The fraction of sp³-hybridized carbons (Fsp3) is 0.583. The van der Waals surface area contributed by atoms with E-state index in [1.54, 1.807) is 0 Å². The molecule has 2 rings (SSSR count). The summed E-state index contributed by atoms with van der Waals surface area (Å²) in [4.78, 5) is 6.59. The lowest BCUT2D eigenvalue weighted by molar-refractivity contribution is 0.183. The highest BCUT2D eigenvalue weighted by Gasteiger charge is 2.16. The molecule has 0 radical (unpaired) electrons. The third-order valence-corrected chi connectivity index (χ3v) is 3.06. The predicted molar refractivity (Wildman–Crippen MR) is 61.8 cm³/mol. The van der Waals surface area contributed by atoms with Crippen molar-refractivity contribution in [1.82, 2.24) is 15.2 Å². The zero-order valence-corrected chi connectivity index (χ0v) is 9.32. The van der Waals surface area contributed by atoms with E-state index in [9.17, 15) is 0 Å². The summed E-state index contributed by atoms with van der Waals surface area (Å²) in [6.07, 6.45) is 4.88. The summed E-state index contributed by atoms with van der Waals surface area (Å²) in [6.45, 7) is 6.91. The van der Waals surface area contributed by atoms with Crippen LogP contribution in [0.2, 0.25) is 0 Å². The van der Waals surface area contributed by atoms with Crippen LogP contribution in [0.4, 0.5) is 0 Å². The van der Waals surface area contributed by atoms with Crippen LogP contribution in [0.3, 0.4) is 0 Å². The van der Waals surface area contributed by atoms with E-state index in [2.05, 4.69) is 34.3 Å². The second-order valence-corrected chi connectivity index (χ2v) is 4.19. The third-order valence-electron chi connectivity index (χ3n) is 3.06. The van der Waals surface area contributed by atoms with E-state index in [1.807, 2.05) is 12.4 Å². The van der Waals surface area contributed by atoms with Gasteiger partial charge in [0.25, 0.3) is 0 Å². The van der Waals surface area contributed by atoms with Crippen molar-refractivity contribution in [2.45, 2.75) is 19.4 Å². The monoisotopic (exact) mass is 205 g/mol. The molecule has 1 unspecified atom stereocenters. The van der Waals surface area contributed by atoms with Crippen molar-refractivity contribution in [2.24, 2.45) is 0 Å². The molecule has 1 aromatic rings. The number of pyridine rings is 1.